The molecule has 0 unspecified atom stereocenters. The number of fused-ring (bicyclic) bond motifs is 3. The fourth-order valence-corrected chi connectivity index (χ4v) is 6.53. The van der Waals surface area contributed by atoms with Crippen LogP contribution in [0.3, 0.4) is 0 Å². The summed E-state index contributed by atoms with van der Waals surface area (Å²) in [6, 6.07) is 15.7. The minimum Gasteiger partial charge on any atom is -0.493 e. The van der Waals surface area contributed by atoms with E-state index >= 15 is 0 Å². The lowest BCUT2D eigenvalue weighted by molar-refractivity contribution is 0.0690. The lowest BCUT2D eigenvalue weighted by Crippen LogP contribution is -2.40. The zero-order valence-corrected chi connectivity index (χ0v) is 24.6. The SMILES string of the molecule is CC1(CNC(=O)c2ccc(-c3cc4c(cc3C(=O)Nc3ccc(CN)cc3)-c3sccc3CCO4)c(C(=O)O)n2)CCC1. The summed E-state index contributed by atoms with van der Waals surface area (Å²) in [6.45, 7) is 3.44. The number of carboxylic acid groups (broad SMARTS) is 1. The highest BCUT2D eigenvalue weighted by Gasteiger charge is 2.32. The lowest BCUT2D eigenvalue weighted by Gasteiger charge is -2.38. The van der Waals surface area contributed by atoms with Crippen LogP contribution in [0.5, 0.6) is 5.75 Å². The largest absolute Gasteiger partial charge is 0.493 e. The number of thiophene rings is 1. The Kier molecular flexibility index (Phi) is 7.72. The van der Waals surface area contributed by atoms with Crippen molar-refractivity contribution in [3.8, 4) is 27.3 Å². The van der Waals surface area contributed by atoms with Gasteiger partial charge in [-0.05, 0) is 77.2 Å². The number of pyridine rings is 1. The molecule has 1 fully saturated rings. The molecule has 3 heterocycles. The van der Waals surface area contributed by atoms with Crippen molar-refractivity contribution >= 4 is 34.8 Å². The molecule has 0 spiro atoms. The summed E-state index contributed by atoms with van der Waals surface area (Å²) in [7, 11) is 0. The van der Waals surface area contributed by atoms with Gasteiger partial charge in [0.15, 0.2) is 5.69 Å². The van der Waals surface area contributed by atoms with Crippen molar-refractivity contribution in [3.63, 3.8) is 0 Å². The molecule has 1 saturated carbocycles. The number of anilines is 1. The number of hydrogen-bond donors (Lipinski definition) is 4. The van der Waals surface area contributed by atoms with Crippen LogP contribution in [-0.2, 0) is 13.0 Å². The summed E-state index contributed by atoms with van der Waals surface area (Å²) in [5.41, 5.74) is 9.65. The second-order valence-corrected chi connectivity index (χ2v) is 12.3. The average Bonchev–Trinajstić information content (AvgIpc) is 3.40. The summed E-state index contributed by atoms with van der Waals surface area (Å²) in [5, 5.41) is 18.0. The normalized spacial score (nSPS) is 14.7. The van der Waals surface area contributed by atoms with E-state index in [1.165, 1.54) is 12.1 Å². The maximum Gasteiger partial charge on any atom is 0.355 e. The van der Waals surface area contributed by atoms with Gasteiger partial charge < -0.3 is 26.2 Å². The molecule has 1 aliphatic heterocycles. The van der Waals surface area contributed by atoms with Crippen LogP contribution < -0.4 is 21.1 Å². The Balaban J connectivity index is 1.42. The highest BCUT2D eigenvalue weighted by atomic mass is 32.1. The van der Waals surface area contributed by atoms with E-state index in [0.717, 1.165) is 40.8 Å². The summed E-state index contributed by atoms with van der Waals surface area (Å²) in [5.74, 6) is -1.62. The average molecular weight is 597 g/mol. The van der Waals surface area contributed by atoms with Gasteiger partial charge in [0.2, 0.25) is 0 Å². The lowest BCUT2D eigenvalue weighted by atomic mass is 9.70. The van der Waals surface area contributed by atoms with Gasteiger partial charge in [-0.15, -0.1) is 11.3 Å². The molecule has 4 aromatic rings. The van der Waals surface area contributed by atoms with E-state index in [-0.39, 0.29) is 27.9 Å². The molecule has 2 aromatic carbocycles. The van der Waals surface area contributed by atoms with Gasteiger partial charge >= 0.3 is 5.97 Å². The number of carbonyl (C=O) groups excluding carboxylic acids is 2. The van der Waals surface area contributed by atoms with E-state index < -0.39 is 17.8 Å². The van der Waals surface area contributed by atoms with E-state index in [0.29, 0.717) is 43.1 Å². The number of aromatic nitrogens is 1. The van der Waals surface area contributed by atoms with Gasteiger partial charge in [0, 0.05) is 52.3 Å². The van der Waals surface area contributed by atoms with Crippen molar-refractivity contribution in [1.82, 2.24) is 10.3 Å². The predicted octanol–water partition coefficient (Wildman–Crippen LogP) is 5.74. The fraction of sp³-hybridized carbons (Fsp3) is 0.273. The van der Waals surface area contributed by atoms with E-state index in [1.807, 2.05) is 23.6 Å². The van der Waals surface area contributed by atoms with Crippen LogP contribution in [0.1, 0.15) is 68.6 Å². The smallest absolute Gasteiger partial charge is 0.355 e. The quantitative estimate of drug-likeness (QED) is 0.203. The third-order valence-corrected chi connectivity index (χ3v) is 9.28. The molecule has 1 aliphatic carbocycles. The van der Waals surface area contributed by atoms with Crippen LogP contribution in [0.25, 0.3) is 21.6 Å². The summed E-state index contributed by atoms with van der Waals surface area (Å²) < 4.78 is 6.10. The third-order valence-electron chi connectivity index (χ3n) is 8.29. The Morgan fingerprint density at radius 3 is 2.51 bits per heavy atom. The molecule has 10 heteroatoms. The number of hydrogen-bond acceptors (Lipinski definition) is 7. The third kappa shape index (κ3) is 5.76. The van der Waals surface area contributed by atoms with Crippen LogP contribution in [0.15, 0.2) is 60.0 Å². The fourth-order valence-electron chi connectivity index (χ4n) is 5.56. The number of nitrogens with one attached hydrogen (secondary N) is 2. The molecule has 6 rings (SSSR count). The topological polar surface area (TPSA) is 144 Å². The molecule has 0 atom stereocenters. The van der Waals surface area contributed by atoms with E-state index in [2.05, 4.69) is 22.5 Å². The Morgan fingerprint density at radius 2 is 1.81 bits per heavy atom. The molecule has 0 radical (unpaired) electrons. The summed E-state index contributed by atoms with van der Waals surface area (Å²) in [4.78, 5) is 44.6. The zero-order chi connectivity index (χ0) is 30.1. The van der Waals surface area contributed by atoms with Crippen molar-refractivity contribution in [3.05, 3.63) is 88.1 Å². The first-order valence-corrected chi connectivity index (χ1v) is 15.1. The Labute approximate surface area is 253 Å². The minimum atomic E-state index is -1.31. The number of nitrogens with two attached hydrogens (primary N) is 1. The molecule has 2 aliphatic rings. The van der Waals surface area contributed by atoms with Crippen LogP contribution in [0.4, 0.5) is 5.69 Å². The van der Waals surface area contributed by atoms with E-state index in [9.17, 15) is 19.5 Å². The van der Waals surface area contributed by atoms with E-state index in [4.69, 9.17) is 10.5 Å². The molecule has 43 heavy (non-hydrogen) atoms. The molecule has 0 bridgehead atoms. The van der Waals surface area contributed by atoms with Gasteiger partial charge in [0.05, 0.1) is 6.61 Å². The van der Waals surface area contributed by atoms with Crippen molar-refractivity contribution < 1.29 is 24.2 Å². The molecule has 2 aromatic heterocycles. The van der Waals surface area contributed by atoms with Crippen LogP contribution >= 0.6 is 11.3 Å². The van der Waals surface area contributed by atoms with Crippen LogP contribution in [-0.4, -0.2) is 41.0 Å². The summed E-state index contributed by atoms with van der Waals surface area (Å²) >= 11 is 1.56. The van der Waals surface area contributed by atoms with Crippen molar-refractivity contribution in [2.75, 3.05) is 18.5 Å². The molecule has 5 N–H and O–H groups in total. The molecular formula is C33H32N4O5S. The van der Waals surface area contributed by atoms with Crippen molar-refractivity contribution in [2.24, 2.45) is 11.1 Å². The Bertz CT molecular complexity index is 1730. The van der Waals surface area contributed by atoms with E-state index in [1.54, 1.807) is 35.6 Å². The number of aromatic carboxylic acids is 1. The minimum absolute atomic E-state index is 0.00399. The second-order valence-electron chi connectivity index (χ2n) is 11.4. The number of rotatable bonds is 8. The highest BCUT2D eigenvalue weighted by Crippen LogP contribution is 2.43. The van der Waals surface area contributed by atoms with Crippen LogP contribution in [0.2, 0.25) is 0 Å². The van der Waals surface area contributed by atoms with Gasteiger partial charge in [-0.3, -0.25) is 9.59 Å². The highest BCUT2D eigenvalue weighted by molar-refractivity contribution is 7.13. The zero-order valence-electron chi connectivity index (χ0n) is 23.7. The molecule has 2 amide bonds. The number of nitrogens with zero attached hydrogens (tertiary/aromatic N) is 1. The van der Waals surface area contributed by atoms with Gasteiger partial charge in [0.25, 0.3) is 11.8 Å². The summed E-state index contributed by atoms with van der Waals surface area (Å²) in [6.07, 6.45) is 3.92. The van der Waals surface area contributed by atoms with Crippen molar-refractivity contribution in [2.45, 2.75) is 39.2 Å². The first-order valence-electron chi connectivity index (χ1n) is 14.3. The van der Waals surface area contributed by atoms with Crippen molar-refractivity contribution in [1.29, 1.82) is 0 Å². The monoisotopic (exact) mass is 596 g/mol. The molecule has 0 saturated heterocycles. The van der Waals surface area contributed by atoms with Gasteiger partial charge in [-0.1, -0.05) is 25.5 Å². The van der Waals surface area contributed by atoms with Gasteiger partial charge in [-0.2, -0.15) is 0 Å². The standard InChI is InChI=1S/C33H32N4O5S/c1-33(11-2-12-33)18-35-31(39)26-8-7-22(28(37-26)32(40)41)23-16-27-25(29-20(9-13-42-27)10-14-43-29)15-24(23)30(38)36-21-5-3-19(17-34)4-6-21/h3-8,10,14-16H,2,9,11-13,17-18,34H2,1H3,(H,35,39)(H,36,38)(H,40,41). The Hall–Kier alpha value is -4.54. The second kappa shape index (κ2) is 11.6. The van der Waals surface area contributed by atoms with Gasteiger partial charge in [0.1, 0.15) is 11.4 Å². The van der Waals surface area contributed by atoms with Crippen LogP contribution in [0, 0.1) is 5.41 Å². The molecule has 9 nitrogen and oxygen atoms in total. The maximum absolute atomic E-state index is 13.8. The van der Waals surface area contributed by atoms with Gasteiger partial charge in [-0.25, -0.2) is 9.78 Å². The number of ether oxygens (including phenoxy) is 1. The first-order chi connectivity index (χ1) is 20.7. The first kappa shape index (κ1) is 28.6. The Morgan fingerprint density at radius 1 is 1.02 bits per heavy atom. The number of carbonyl (C=O) groups is 3. The maximum atomic E-state index is 13.8. The number of amides is 2. The number of carboxylic acids is 1. The number of benzene rings is 2. The molecular weight excluding hydrogens is 564 g/mol. The molecule has 220 valence electrons. The predicted molar refractivity (Wildman–Crippen MR) is 166 cm³/mol.